The van der Waals surface area contributed by atoms with Gasteiger partial charge in [-0.15, -0.1) is 19.7 Å². The first kappa shape index (κ1) is 104. The molecule has 0 amide bonds. The summed E-state index contributed by atoms with van der Waals surface area (Å²) in [6, 6.07) is 0.833. The molecule has 2 rings (SSSR count). The number of nitrogens with one attached hydrogen (secondary N) is 1. The third kappa shape index (κ3) is 1260. The minimum Gasteiger partial charge on any atom is -0.481 e. The number of carboxylic acids is 1. The van der Waals surface area contributed by atoms with Gasteiger partial charge in [0.15, 0.2) is 0 Å². The van der Waals surface area contributed by atoms with Gasteiger partial charge in [-0.1, -0.05) is 104 Å². The van der Waals surface area contributed by atoms with Gasteiger partial charge in [-0.05, 0) is 135 Å². The number of nitrogens with two attached hydrogens (primary N) is 1. The van der Waals surface area contributed by atoms with Crippen molar-refractivity contribution in [1.82, 2.24) is 5.32 Å². The van der Waals surface area contributed by atoms with Crippen molar-refractivity contribution in [3.05, 3.63) is 97.2 Å². The molecular weight excluding hydrogens is 904 g/mol. The molecule has 65 heavy (non-hydrogen) atoms. The maximum Gasteiger partial charge on any atom is 0.300 e. The third-order valence-electron chi connectivity index (χ3n) is 3.37. The maximum absolute atomic E-state index is 9.19. The highest BCUT2D eigenvalue weighted by molar-refractivity contribution is 7.85. The molecule has 394 valence electrons. The van der Waals surface area contributed by atoms with Crippen molar-refractivity contribution in [2.45, 2.75) is 149 Å². The summed E-state index contributed by atoms with van der Waals surface area (Å²) in [5, 5.41) is 20.3. The van der Waals surface area contributed by atoms with Crippen molar-refractivity contribution in [3.63, 3.8) is 0 Å². The molecule has 0 radical (unpaired) electrons. The number of epoxide rings is 1. The van der Waals surface area contributed by atoms with E-state index in [-0.39, 0.29) is 0 Å². The predicted molar refractivity (Wildman–Crippen MR) is 305 cm³/mol. The molecule has 0 aliphatic carbocycles. The number of thiocarbonyl (C=S) groups is 1. The number of hydrogen-bond acceptors (Lipinski definition) is 12. The molecule has 0 saturated carbocycles. The average Bonchev–Trinajstić information content (AvgIpc) is 4.19. The van der Waals surface area contributed by atoms with Crippen LogP contribution < -0.4 is 11.1 Å². The van der Waals surface area contributed by atoms with Crippen LogP contribution in [0.3, 0.4) is 0 Å². The van der Waals surface area contributed by atoms with Gasteiger partial charge >= 0.3 is 0 Å². The van der Waals surface area contributed by atoms with Gasteiger partial charge in [-0.2, -0.15) is 21.0 Å². The molecular formula is C49H105ClN4O8S3. The van der Waals surface area contributed by atoms with Gasteiger partial charge in [0.25, 0.3) is 16.1 Å². The molecule has 16 heteroatoms. The van der Waals surface area contributed by atoms with Crippen LogP contribution in [0.5, 0.6) is 0 Å². The van der Waals surface area contributed by atoms with Gasteiger partial charge in [-0.3, -0.25) is 9.35 Å². The number of thiol groups is 1. The van der Waals surface area contributed by atoms with Crippen LogP contribution in [0.1, 0.15) is 137 Å². The minimum atomic E-state index is -3.67. The molecule has 0 bridgehead atoms. The number of isothiocyanates is 1. The first-order valence-electron chi connectivity index (χ1n) is 20.5. The molecule has 2 fully saturated rings. The number of allylic oxidation sites excluding steroid dienone is 12. The fourth-order valence-corrected chi connectivity index (χ4v) is 0.783. The number of aliphatic imine (C=N–C) groups is 2. The molecule has 0 aromatic rings. The first-order chi connectivity index (χ1) is 30.2. The Morgan fingerprint density at radius 2 is 1.06 bits per heavy atom. The Kier molecular flexibility index (Phi) is 210. The topological polar surface area (TPSA) is 214 Å². The van der Waals surface area contributed by atoms with Crippen LogP contribution in [-0.4, -0.2) is 106 Å². The third-order valence-corrected chi connectivity index (χ3v) is 3.55. The molecule has 6 N–H and O–H groups in total. The summed E-state index contributed by atoms with van der Waals surface area (Å²) in [7, 11) is 1.81. The molecule has 2 aliphatic heterocycles. The zero-order chi connectivity index (χ0) is 56.1. The van der Waals surface area contributed by atoms with Crippen LogP contribution >= 0.6 is 36.4 Å². The Bertz CT molecular complexity index is 1090. The SMILES string of the molecule is C/C=C/C.C/C=C/CC.C/C=C/CCC.C=C(C)C.C=C(C)Cl.C=CC.C=CC.CC(=O)O.CC1CN1.CC1CO1.CC=C(C)C.CN.CN=C=O.CN=C=S.CO.CS.CS(=O)(=O)O. The molecule has 0 aromatic heterocycles. The largest absolute Gasteiger partial charge is 0.481 e. The zero-order valence-corrected chi connectivity index (χ0v) is 49.0. The van der Waals surface area contributed by atoms with Crippen LogP contribution in [-0.2, 0) is 24.4 Å². The molecule has 0 aromatic carbocycles. The van der Waals surface area contributed by atoms with Crippen LogP contribution in [0.25, 0.3) is 0 Å². The van der Waals surface area contributed by atoms with Crippen LogP contribution in [0.15, 0.2) is 107 Å². The number of halogens is 1. The second-order valence-corrected chi connectivity index (χ2v) is 13.7. The molecule has 2 unspecified atom stereocenters. The second-order valence-electron chi connectivity index (χ2n) is 11.4. The summed E-state index contributed by atoms with van der Waals surface area (Å²) in [5.74, 6) is -0.833. The number of carbonyl (C=O) groups excluding carboxylic acids is 1. The summed E-state index contributed by atoms with van der Waals surface area (Å²) in [6.07, 6.45) is 26.0. The Labute approximate surface area is 420 Å². The number of ether oxygens (including phenoxy) is 1. The fourth-order valence-electron chi connectivity index (χ4n) is 0.783. The molecule has 2 atom stereocenters. The lowest BCUT2D eigenvalue weighted by atomic mass is 10.3. The van der Waals surface area contributed by atoms with E-state index in [1.807, 2.05) is 67.5 Å². The highest BCUT2D eigenvalue weighted by Crippen LogP contribution is 2.04. The van der Waals surface area contributed by atoms with E-state index in [0.29, 0.717) is 17.4 Å². The van der Waals surface area contributed by atoms with Gasteiger partial charge in [0, 0.05) is 45.7 Å². The summed E-state index contributed by atoms with van der Waals surface area (Å²) >= 11 is 12.7. The Balaban J connectivity index is -0.0000000317. The Morgan fingerprint density at radius 3 is 1.08 bits per heavy atom. The average molecular weight is 1010 g/mol. The fraction of sp³-hybridized carbons (Fsp3) is 0.612. The highest BCUT2D eigenvalue weighted by atomic mass is 35.5. The number of carbonyl (C=O) groups is 1. The number of hydrogen-bond donors (Lipinski definition) is 6. The number of isocyanates is 1. The smallest absolute Gasteiger partial charge is 0.300 e. The van der Waals surface area contributed by atoms with E-state index in [1.54, 1.807) is 32.4 Å². The lowest BCUT2D eigenvalue weighted by Crippen LogP contribution is -1.88. The monoisotopic (exact) mass is 1010 g/mol. The first-order valence-corrected chi connectivity index (χ1v) is 24.0. The van der Waals surface area contributed by atoms with Crippen molar-refractivity contribution < 1.29 is 37.5 Å². The van der Waals surface area contributed by atoms with Crippen molar-refractivity contribution in [3.8, 4) is 0 Å². The summed E-state index contributed by atoms with van der Waals surface area (Å²) in [6.45, 7) is 49.2. The maximum atomic E-state index is 9.19. The predicted octanol–water partition coefficient (Wildman–Crippen LogP) is 14.0. The number of aliphatic hydroxyl groups is 1. The normalized spacial score (nSPS) is 11.0. The van der Waals surface area contributed by atoms with Gasteiger partial charge in [0.2, 0.25) is 6.08 Å². The number of aliphatic hydroxyl groups excluding tert-OH is 1. The number of rotatable bonds is 3. The molecule has 0 spiro atoms. The van der Waals surface area contributed by atoms with E-state index in [4.69, 9.17) is 40.7 Å². The van der Waals surface area contributed by atoms with Crippen LogP contribution in [0.2, 0.25) is 0 Å². The van der Waals surface area contributed by atoms with Gasteiger partial charge < -0.3 is 26.0 Å². The molecule has 2 heterocycles. The number of aliphatic carboxylic acids is 1. The molecule has 2 saturated heterocycles. The summed E-state index contributed by atoms with van der Waals surface area (Å²) < 4.78 is 30.6. The standard InChI is InChI=1S/C6H12.2C5H10.2C4H8.C3H5Cl.C3H7N.C3H6O.2C3H6.C2H3NO.C2H3NS.C2H4O2.CH5N.CH4O3S.CH4O.CH4S/c1-3-5-6-4-2;1-4-5(2)3;1-3-5-4-2;1-4(2)3;1-3-4-2;1-3(2)4;2*1-3-2-4-3;2*1-3-2;2*1-3-2-4;1-2(3)4;1-2;1-5(2,3)4;2*1-2/h3,5H,4,6H2,1-2H3;4H,1-3H3;3,5H,4H2,1-2H3;1H2,2-3H3;3-4H,1-2H3;1H2,2H3;3-4H,2H2,1H3;3H,2H2,1H3;2*3H,1H2,2H3;2*1H3;1H3,(H,3,4);2H2,1H3;1H3,(H,2,3,4);2*2H,1H3/b5-3+;;5-3+;;4-3+;;;;;;;;;;;;. The van der Waals surface area contributed by atoms with Crippen LogP contribution in [0, 0.1) is 0 Å². The quantitative estimate of drug-likeness (QED) is 0.0297. The molecule has 2 aliphatic rings. The van der Waals surface area contributed by atoms with E-state index >= 15 is 0 Å². The van der Waals surface area contributed by atoms with Gasteiger partial charge in [0.1, 0.15) is 0 Å². The van der Waals surface area contributed by atoms with E-state index in [2.05, 4.69) is 156 Å². The second kappa shape index (κ2) is 131. The van der Waals surface area contributed by atoms with Crippen molar-refractivity contribution in [2.24, 2.45) is 15.7 Å². The van der Waals surface area contributed by atoms with Crippen molar-refractivity contribution in [2.75, 3.05) is 53.9 Å². The van der Waals surface area contributed by atoms with Crippen molar-refractivity contribution >= 4 is 63.8 Å². The minimum absolute atomic E-state index is 0.583. The van der Waals surface area contributed by atoms with Gasteiger partial charge in [-0.25, -0.2) is 14.8 Å². The van der Waals surface area contributed by atoms with Crippen molar-refractivity contribution in [1.29, 1.82) is 0 Å². The summed E-state index contributed by atoms with van der Waals surface area (Å²) in [5.41, 5.74) is 7.05. The zero-order valence-electron chi connectivity index (χ0n) is 45.7. The van der Waals surface area contributed by atoms with Gasteiger partial charge in [0.05, 0.1) is 24.1 Å². The van der Waals surface area contributed by atoms with Crippen LogP contribution in [0.4, 0.5) is 0 Å². The number of unbranched alkanes of at least 4 members (excludes halogenated alkanes) is 1. The molecule has 12 nitrogen and oxygen atoms in total. The van der Waals surface area contributed by atoms with E-state index < -0.39 is 16.1 Å². The van der Waals surface area contributed by atoms with E-state index in [9.17, 15) is 8.42 Å². The highest BCUT2D eigenvalue weighted by Gasteiger charge is 2.13. The Hall–Kier alpha value is -3.04. The number of nitrogens with zero attached hydrogens (tertiary/aromatic N) is 2. The Morgan fingerprint density at radius 1 is 0.877 bits per heavy atom. The van der Waals surface area contributed by atoms with E-state index in [1.165, 1.54) is 50.7 Å². The lowest BCUT2D eigenvalue weighted by molar-refractivity contribution is -0.134. The lowest BCUT2D eigenvalue weighted by Gasteiger charge is -1.76. The van der Waals surface area contributed by atoms with E-state index in [0.717, 1.165) is 33.1 Å². The summed E-state index contributed by atoms with van der Waals surface area (Å²) in [4.78, 5) is 24.1. The number of carboxylic acid groups (broad SMARTS) is 1.